The van der Waals surface area contributed by atoms with E-state index in [9.17, 15) is 4.79 Å². The fourth-order valence-corrected chi connectivity index (χ4v) is 2.38. The molecule has 2 nitrogen and oxygen atoms in total. The number of hydrogen-bond donors (Lipinski definition) is 1. The Balaban J connectivity index is 2.57. The van der Waals surface area contributed by atoms with E-state index in [2.05, 4.69) is 26.1 Å². The molecule has 0 spiro atoms. The second-order valence-electron chi connectivity index (χ2n) is 4.97. The Morgan fingerprint density at radius 3 is 2.17 bits per heavy atom. The predicted molar refractivity (Wildman–Crippen MR) is 76.7 cm³/mol. The Hall–Kier alpha value is -1.31. The summed E-state index contributed by atoms with van der Waals surface area (Å²) in [5.74, 6) is 0.632. The first-order valence-electron chi connectivity index (χ1n) is 7.04. The number of hydrogen-bond acceptors (Lipinski definition) is 1. The lowest BCUT2D eigenvalue weighted by atomic mass is 9.91. The molecular formula is C16H25NO. The Labute approximate surface area is 111 Å². The maximum Gasteiger partial charge on any atom is 0.251 e. The molecule has 1 aromatic rings. The van der Waals surface area contributed by atoms with Crippen molar-refractivity contribution in [1.82, 2.24) is 5.32 Å². The Morgan fingerprint density at radius 2 is 1.67 bits per heavy atom. The van der Waals surface area contributed by atoms with E-state index in [1.807, 2.05) is 30.3 Å². The van der Waals surface area contributed by atoms with Crippen molar-refractivity contribution in [2.45, 2.75) is 52.5 Å². The molecule has 1 aromatic carbocycles. The SMILES string of the molecule is CCCC(CCC)C(C)NC(=O)c1ccccc1. The predicted octanol–water partition coefficient (Wildman–Crippen LogP) is 4.02. The largest absolute Gasteiger partial charge is 0.349 e. The van der Waals surface area contributed by atoms with E-state index < -0.39 is 0 Å². The second kappa shape index (κ2) is 7.91. The molecule has 100 valence electrons. The smallest absolute Gasteiger partial charge is 0.251 e. The zero-order chi connectivity index (χ0) is 13.4. The number of rotatable bonds is 7. The van der Waals surface area contributed by atoms with Crippen LogP contribution in [-0.2, 0) is 0 Å². The van der Waals surface area contributed by atoms with Crippen molar-refractivity contribution >= 4 is 5.91 Å². The fourth-order valence-electron chi connectivity index (χ4n) is 2.38. The van der Waals surface area contributed by atoms with Gasteiger partial charge in [-0.3, -0.25) is 4.79 Å². The van der Waals surface area contributed by atoms with E-state index in [4.69, 9.17) is 0 Å². The van der Waals surface area contributed by atoms with Crippen LogP contribution in [0.5, 0.6) is 0 Å². The van der Waals surface area contributed by atoms with Gasteiger partial charge in [0.25, 0.3) is 5.91 Å². The summed E-state index contributed by atoms with van der Waals surface area (Å²) >= 11 is 0. The summed E-state index contributed by atoms with van der Waals surface area (Å²) in [7, 11) is 0. The van der Waals surface area contributed by atoms with Gasteiger partial charge in [-0.15, -0.1) is 0 Å². The Kier molecular flexibility index (Phi) is 6.48. The van der Waals surface area contributed by atoms with Gasteiger partial charge in [-0.25, -0.2) is 0 Å². The lowest BCUT2D eigenvalue weighted by Crippen LogP contribution is -2.38. The van der Waals surface area contributed by atoms with Crippen LogP contribution < -0.4 is 5.32 Å². The molecule has 1 amide bonds. The Bertz CT molecular complexity index is 341. The third-order valence-corrected chi connectivity index (χ3v) is 3.42. The summed E-state index contributed by atoms with van der Waals surface area (Å²) in [5.41, 5.74) is 0.746. The van der Waals surface area contributed by atoms with Crippen LogP contribution in [0.15, 0.2) is 30.3 Å². The highest BCUT2D eigenvalue weighted by Crippen LogP contribution is 2.18. The van der Waals surface area contributed by atoms with Gasteiger partial charge >= 0.3 is 0 Å². The molecule has 1 rings (SSSR count). The molecule has 1 unspecified atom stereocenters. The van der Waals surface area contributed by atoms with Crippen LogP contribution in [-0.4, -0.2) is 11.9 Å². The van der Waals surface area contributed by atoms with Crippen molar-refractivity contribution in [1.29, 1.82) is 0 Å². The standard InChI is InChI=1S/C16H25NO/c1-4-9-14(10-5-2)13(3)17-16(18)15-11-7-6-8-12-15/h6-8,11-14H,4-5,9-10H2,1-3H3,(H,17,18). The van der Waals surface area contributed by atoms with Gasteiger partial charge < -0.3 is 5.32 Å². The van der Waals surface area contributed by atoms with E-state index in [-0.39, 0.29) is 11.9 Å². The molecule has 0 bridgehead atoms. The summed E-state index contributed by atoms with van der Waals surface area (Å²) in [6, 6.07) is 9.69. The molecule has 1 N–H and O–H groups in total. The number of nitrogens with one attached hydrogen (secondary N) is 1. The monoisotopic (exact) mass is 247 g/mol. The summed E-state index contributed by atoms with van der Waals surface area (Å²) in [4.78, 5) is 12.1. The second-order valence-corrected chi connectivity index (χ2v) is 4.97. The molecule has 0 saturated heterocycles. The molecule has 1 atom stereocenters. The van der Waals surface area contributed by atoms with Gasteiger partial charge in [0.1, 0.15) is 0 Å². The maximum atomic E-state index is 12.1. The van der Waals surface area contributed by atoms with Crippen LogP contribution in [0.4, 0.5) is 0 Å². The summed E-state index contributed by atoms with van der Waals surface area (Å²) < 4.78 is 0. The van der Waals surface area contributed by atoms with E-state index in [1.54, 1.807) is 0 Å². The highest BCUT2D eigenvalue weighted by atomic mass is 16.1. The normalized spacial score (nSPS) is 12.4. The van der Waals surface area contributed by atoms with Gasteiger partial charge in [0.2, 0.25) is 0 Å². The number of amides is 1. The summed E-state index contributed by atoms with van der Waals surface area (Å²) in [6.45, 7) is 6.53. The number of benzene rings is 1. The van der Waals surface area contributed by atoms with Crippen molar-refractivity contribution in [2.75, 3.05) is 0 Å². The zero-order valence-corrected chi connectivity index (χ0v) is 11.8. The first-order chi connectivity index (χ1) is 8.69. The van der Waals surface area contributed by atoms with Crippen LogP contribution in [0.3, 0.4) is 0 Å². The first-order valence-corrected chi connectivity index (χ1v) is 7.04. The number of carbonyl (C=O) groups excluding carboxylic acids is 1. The third kappa shape index (κ3) is 4.52. The van der Waals surface area contributed by atoms with Crippen LogP contribution in [0.2, 0.25) is 0 Å². The first kappa shape index (κ1) is 14.7. The summed E-state index contributed by atoms with van der Waals surface area (Å²) in [6.07, 6.45) is 4.72. The molecule has 0 aliphatic heterocycles. The van der Waals surface area contributed by atoms with E-state index in [0.29, 0.717) is 5.92 Å². The molecule has 0 radical (unpaired) electrons. The van der Waals surface area contributed by atoms with Gasteiger partial charge in [-0.05, 0) is 37.8 Å². The van der Waals surface area contributed by atoms with Crippen molar-refractivity contribution in [3.8, 4) is 0 Å². The summed E-state index contributed by atoms with van der Waals surface area (Å²) in [5, 5.41) is 3.13. The Morgan fingerprint density at radius 1 is 1.11 bits per heavy atom. The zero-order valence-electron chi connectivity index (χ0n) is 11.8. The average molecular weight is 247 g/mol. The van der Waals surface area contributed by atoms with Gasteiger partial charge in [0.05, 0.1) is 0 Å². The van der Waals surface area contributed by atoms with Gasteiger partial charge in [-0.2, -0.15) is 0 Å². The van der Waals surface area contributed by atoms with Crippen molar-refractivity contribution in [3.05, 3.63) is 35.9 Å². The average Bonchev–Trinajstić information content (AvgIpc) is 2.39. The molecule has 18 heavy (non-hydrogen) atoms. The number of carbonyl (C=O) groups is 1. The molecule has 0 aliphatic rings. The minimum atomic E-state index is 0.0420. The molecule has 0 heterocycles. The van der Waals surface area contributed by atoms with Crippen molar-refractivity contribution < 1.29 is 4.79 Å². The topological polar surface area (TPSA) is 29.1 Å². The molecular weight excluding hydrogens is 222 g/mol. The van der Waals surface area contributed by atoms with Crippen molar-refractivity contribution in [2.24, 2.45) is 5.92 Å². The van der Waals surface area contributed by atoms with Crippen molar-refractivity contribution in [3.63, 3.8) is 0 Å². The molecule has 0 aliphatic carbocycles. The van der Waals surface area contributed by atoms with Crippen LogP contribution in [0, 0.1) is 5.92 Å². The van der Waals surface area contributed by atoms with Crippen LogP contribution >= 0.6 is 0 Å². The highest BCUT2D eigenvalue weighted by Gasteiger charge is 2.18. The van der Waals surface area contributed by atoms with Crippen LogP contribution in [0.1, 0.15) is 56.8 Å². The molecule has 0 saturated carbocycles. The third-order valence-electron chi connectivity index (χ3n) is 3.42. The molecule has 2 heteroatoms. The van der Waals surface area contributed by atoms with Gasteiger partial charge in [0, 0.05) is 11.6 Å². The van der Waals surface area contributed by atoms with Crippen LogP contribution in [0.25, 0.3) is 0 Å². The van der Waals surface area contributed by atoms with E-state index in [0.717, 1.165) is 5.56 Å². The minimum Gasteiger partial charge on any atom is -0.349 e. The quantitative estimate of drug-likeness (QED) is 0.774. The lowest BCUT2D eigenvalue weighted by Gasteiger charge is -2.24. The minimum absolute atomic E-state index is 0.0420. The molecule has 0 aromatic heterocycles. The molecule has 0 fully saturated rings. The van der Waals surface area contributed by atoms with E-state index >= 15 is 0 Å². The van der Waals surface area contributed by atoms with Gasteiger partial charge in [-0.1, -0.05) is 44.9 Å². The highest BCUT2D eigenvalue weighted by molar-refractivity contribution is 5.94. The van der Waals surface area contributed by atoms with E-state index in [1.165, 1.54) is 25.7 Å². The lowest BCUT2D eigenvalue weighted by molar-refractivity contribution is 0.0923. The van der Waals surface area contributed by atoms with Gasteiger partial charge in [0.15, 0.2) is 0 Å². The maximum absolute atomic E-state index is 12.1. The fraction of sp³-hybridized carbons (Fsp3) is 0.562.